The van der Waals surface area contributed by atoms with Crippen LogP contribution in [0.4, 0.5) is 19.5 Å². The number of oxime groups is 1. The predicted molar refractivity (Wildman–Crippen MR) is 250 cm³/mol. The fourth-order valence-corrected chi connectivity index (χ4v) is 7.15. The fraction of sp³-hybridized carbons (Fsp3) is 0.605. The molecule has 0 aliphatic carbocycles. The lowest BCUT2D eigenvalue weighted by Crippen LogP contribution is -2.72. The van der Waals surface area contributed by atoms with E-state index in [0.29, 0.717) is 10.6 Å². The molecule has 0 radical (unpaired) electrons. The van der Waals surface area contributed by atoms with Crippen LogP contribution < -0.4 is 36.6 Å². The van der Waals surface area contributed by atoms with Crippen LogP contribution in [0.15, 0.2) is 29.1 Å². The lowest BCUT2D eigenvalue weighted by Gasteiger charge is -2.37. The number of rotatable bonds is 16. The molecule has 0 saturated carbocycles. The number of ether oxygens (including phenoxy) is 4. The number of thiazole rings is 2. The zero-order chi connectivity index (χ0) is 51.2. The van der Waals surface area contributed by atoms with Gasteiger partial charge in [0.25, 0.3) is 11.8 Å². The van der Waals surface area contributed by atoms with Gasteiger partial charge in [0, 0.05) is 18.5 Å². The summed E-state index contributed by atoms with van der Waals surface area (Å²) >= 11 is 2.07. The third kappa shape index (κ3) is 17.1. The molecule has 4 rings (SSSR count). The molecule has 0 aromatic carbocycles. The van der Waals surface area contributed by atoms with Crippen LogP contribution in [0.3, 0.4) is 0 Å². The lowest BCUT2D eigenvalue weighted by atomic mass is 9.98. The Morgan fingerprint density at radius 2 is 1.46 bits per heavy atom. The highest BCUT2D eigenvalue weighted by Gasteiger charge is 2.42. The third-order valence-electron chi connectivity index (χ3n) is 8.62. The standard InChI is InChI=1S/C43H63N11O12S2/c1-39(2,3)62-34(58)43(13,14)66-52-29(26-22-67-35(49-26)51-38(61)65-42(10,11)12)32(57)50-28-25(48-31(28)56)17-44-30(55)27-18-45-33(68-27)23-19-53(15)54(20-23)21-24(47-37(60)64-41(7,8)9)16-46-36(59)63-40(4,5)6/h18-20,22,24-25,28H,16-17,21H2,1-15H3,(H5-,44,46,47,48,49,50,51,55,56,57,59,60,61)/p+1/b52-29-/t24?,25-,28+/m1/s1. The number of hydrogen-bond acceptors (Lipinski definition) is 17. The second-order valence-electron chi connectivity index (χ2n) is 20.1. The van der Waals surface area contributed by atoms with E-state index in [1.165, 1.54) is 25.4 Å². The van der Waals surface area contributed by atoms with Gasteiger partial charge in [0.2, 0.25) is 17.7 Å². The number of anilines is 1. The molecule has 25 heteroatoms. The molecule has 3 atom stereocenters. The van der Waals surface area contributed by atoms with Crippen molar-refractivity contribution in [3.63, 3.8) is 0 Å². The summed E-state index contributed by atoms with van der Waals surface area (Å²) in [6.45, 7) is 23.5. The van der Waals surface area contributed by atoms with Crippen LogP contribution in [0.25, 0.3) is 10.6 Å². The van der Waals surface area contributed by atoms with Crippen LogP contribution in [0.2, 0.25) is 0 Å². The second-order valence-corrected chi connectivity index (χ2v) is 22.0. The number of amides is 6. The first kappa shape index (κ1) is 54.2. The molecule has 3 aromatic heterocycles. The number of aromatic nitrogens is 4. The first-order valence-corrected chi connectivity index (χ1v) is 23.2. The third-order valence-corrected chi connectivity index (χ3v) is 10.4. The SMILES string of the molecule is C[n+]1cc(-c2ncc(C(=O)NC[C@H]3NC(=O)[C@H]3NC(=O)/C(=N\OC(C)(C)C(=O)OC(C)(C)C)c3csc(NC(=O)OC(C)(C)C)n3)s2)cn1CC(CNC(=O)OC(C)(C)C)NC(=O)OC(C)(C)C. The van der Waals surface area contributed by atoms with Crippen molar-refractivity contribution in [3.05, 3.63) is 34.5 Å². The van der Waals surface area contributed by atoms with Gasteiger partial charge in [0.1, 0.15) is 44.0 Å². The van der Waals surface area contributed by atoms with Gasteiger partial charge >= 0.3 is 24.2 Å². The van der Waals surface area contributed by atoms with Crippen molar-refractivity contribution < 1.29 is 62.0 Å². The van der Waals surface area contributed by atoms with E-state index in [2.05, 4.69) is 47.0 Å². The molecule has 3 aromatic rings. The minimum Gasteiger partial charge on any atom is -0.457 e. The first-order chi connectivity index (χ1) is 31.2. The number of β-lactam (4-membered cyclic amide) rings is 1. The van der Waals surface area contributed by atoms with Gasteiger partial charge in [-0.15, -0.1) is 27.4 Å². The molecule has 1 saturated heterocycles. The topological polar surface area (TPSA) is 285 Å². The summed E-state index contributed by atoms with van der Waals surface area (Å²) < 4.78 is 25.1. The Hall–Kier alpha value is -6.37. The predicted octanol–water partition coefficient (Wildman–Crippen LogP) is 3.91. The van der Waals surface area contributed by atoms with E-state index in [-0.39, 0.29) is 35.3 Å². The van der Waals surface area contributed by atoms with E-state index in [1.807, 2.05) is 0 Å². The van der Waals surface area contributed by atoms with Crippen LogP contribution in [0.1, 0.15) is 112 Å². The monoisotopic (exact) mass is 990 g/mol. The Labute approximate surface area is 402 Å². The summed E-state index contributed by atoms with van der Waals surface area (Å²) in [6.07, 6.45) is 2.87. The van der Waals surface area contributed by atoms with E-state index in [9.17, 15) is 33.6 Å². The van der Waals surface area contributed by atoms with Gasteiger partial charge in [0.15, 0.2) is 17.9 Å². The molecule has 0 spiro atoms. The quantitative estimate of drug-likeness (QED) is 0.0297. The van der Waals surface area contributed by atoms with Gasteiger partial charge in [-0.3, -0.25) is 19.7 Å². The summed E-state index contributed by atoms with van der Waals surface area (Å²) in [5.74, 6) is -2.71. The molecular weight excluding hydrogens is 927 g/mol. The minimum atomic E-state index is -1.67. The number of nitrogens with one attached hydrogen (secondary N) is 6. The Bertz CT molecular complexity index is 2380. The van der Waals surface area contributed by atoms with Crippen molar-refractivity contribution >= 4 is 75.5 Å². The number of aryl methyl sites for hydroxylation is 1. The van der Waals surface area contributed by atoms with Crippen LogP contribution in [-0.2, 0) is 51.8 Å². The summed E-state index contributed by atoms with van der Waals surface area (Å²) in [4.78, 5) is 105. The normalized spacial score (nSPS) is 16.0. The van der Waals surface area contributed by atoms with Gasteiger partial charge in [-0.2, -0.15) is 4.68 Å². The van der Waals surface area contributed by atoms with Crippen LogP contribution in [0.5, 0.6) is 0 Å². The second kappa shape index (κ2) is 21.3. The van der Waals surface area contributed by atoms with E-state index in [1.54, 1.807) is 112 Å². The van der Waals surface area contributed by atoms with Crippen molar-refractivity contribution in [1.82, 2.24) is 41.2 Å². The maximum Gasteiger partial charge on any atom is 0.413 e. The number of carbonyl (C=O) groups excluding carboxylic acids is 7. The Morgan fingerprint density at radius 1 is 0.853 bits per heavy atom. The van der Waals surface area contributed by atoms with E-state index in [4.69, 9.17) is 23.8 Å². The van der Waals surface area contributed by atoms with E-state index < -0.39 is 93.8 Å². The summed E-state index contributed by atoms with van der Waals surface area (Å²) in [5, 5.41) is 22.0. The molecule has 0 bridgehead atoms. The fourth-order valence-electron chi connectivity index (χ4n) is 5.66. The maximum absolute atomic E-state index is 13.8. The van der Waals surface area contributed by atoms with E-state index in [0.717, 1.165) is 22.7 Å². The minimum absolute atomic E-state index is 0.0221. The van der Waals surface area contributed by atoms with Crippen LogP contribution in [-0.4, -0.2) is 122 Å². The molecule has 1 aliphatic rings. The molecule has 6 amide bonds. The number of hydrogen-bond donors (Lipinski definition) is 6. The van der Waals surface area contributed by atoms with Gasteiger partial charge in [-0.1, -0.05) is 5.16 Å². The van der Waals surface area contributed by atoms with Gasteiger partial charge < -0.3 is 50.4 Å². The Kier molecular flexibility index (Phi) is 17.0. The van der Waals surface area contributed by atoms with Crippen molar-refractivity contribution in [1.29, 1.82) is 0 Å². The van der Waals surface area contributed by atoms with Crippen molar-refractivity contribution in [2.24, 2.45) is 12.2 Å². The van der Waals surface area contributed by atoms with Crippen molar-refractivity contribution in [2.75, 3.05) is 18.4 Å². The highest BCUT2D eigenvalue weighted by molar-refractivity contribution is 7.17. The Morgan fingerprint density at radius 3 is 2.06 bits per heavy atom. The Balaban J connectivity index is 1.44. The highest BCUT2D eigenvalue weighted by Crippen LogP contribution is 2.25. The highest BCUT2D eigenvalue weighted by atomic mass is 32.1. The molecule has 4 heterocycles. The number of carbonyl (C=O) groups is 7. The zero-order valence-corrected chi connectivity index (χ0v) is 42.7. The molecule has 23 nitrogen and oxygen atoms in total. The molecular formula is C43H64N11O12S2+. The zero-order valence-electron chi connectivity index (χ0n) is 41.1. The summed E-state index contributed by atoms with van der Waals surface area (Å²) in [6, 6.07) is -2.50. The van der Waals surface area contributed by atoms with E-state index >= 15 is 0 Å². The molecule has 68 heavy (non-hydrogen) atoms. The molecule has 6 N–H and O–H groups in total. The molecule has 374 valence electrons. The van der Waals surface area contributed by atoms with Gasteiger partial charge in [-0.25, -0.2) is 29.1 Å². The maximum atomic E-state index is 13.8. The molecule has 1 aliphatic heterocycles. The van der Waals surface area contributed by atoms with Crippen LogP contribution in [0, 0.1) is 0 Å². The average molecular weight is 991 g/mol. The number of esters is 1. The lowest BCUT2D eigenvalue weighted by molar-refractivity contribution is -0.753. The largest absolute Gasteiger partial charge is 0.457 e. The van der Waals surface area contributed by atoms with Crippen molar-refractivity contribution in [3.8, 4) is 10.6 Å². The van der Waals surface area contributed by atoms with Gasteiger partial charge in [0.05, 0.1) is 36.6 Å². The summed E-state index contributed by atoms with van der Waals surface area (Å²) in [5.41, 5.74) is -4.62. The molecule has 1 fully saturated rings. The first-order valence-electron chi connectivity index (χ1n) is 21.5. The smallest absolute Gasteiger partial charge is 0.413 e. The summed E-state index contributed by atoms with van der Waals surface area (Å²) in [7, 11) is 1.78. The number of alkyl carbamates (subject to hydrolysis) is 2. The van der Waals surface area contributed by atoms with Gasteiger partial charge in [-0.05, 0) is 96.9 Å². The molecule has 1 unspecified atom stereocenters. The number of nitrogens with zero attached hydrogens (tertiary/aromatic N) is 5. The average Bonchev–Trinajstić information content (AvgIpc) is 3.92. The van der Waals surface area contributed by atoms with Crippen LogP contribution >= 0.6 is 22.7 Å². The van der Waals surface area contributed by atoms with Crippen molar-refractivity contribution in [2.45, 2.75) is 150 Å².